The smallest absolute Gasteiger partial charge is 0.268 e. The van der Waals surface area contributed by atoms with Crippen LogP contribution in [0.1, 0.15) is 186 Å². The fourth-order valence-electron chi connectivity index (χ4n) is 13.6. The van der Waals surface area contributed by atoms with Gasteiger partial charge in [0.2, 0.25) is 70.9 Å². The van der Waals surface area contributed by atoms with Crippen molar-refractivity contribution in [3.05, 3.63) is 41.4 Å². The summed E-state index contributed by atoms with van der Waals surface area (Å²) in [6.07, 6.45) is 0.328. The molecular formula is C79H133N19O15. The van der Waals surface area contributed by atoms with E-state index in [4.69, 9.17) is 22.2 Å². The molecular weight excluding hydrogens is 1450 g/mol. The minimum absolute atomic E-state index is 0.0168. The Balaban J connectivity index is 2.33. The van der Waals surface area contributed by atoms with Crippen LogP contribution < -0.4 is 49.1 Å². The maximum Gasteiger partial charge on any atom is 0.268 e. The van der Waals surface area contributed by atoms with Crippen molar-refractivity contribution in [2.24, 2.45) is 69.5 Å². The number of nitrogens with two attached hydrogens (primary N) is 3. The largest absolute Gasteiger partial charge is 0.390 e. The van der Waals surface area contributed by atoms with Crippen molar-refractivity contribution < 1.29 is 72.2 Å². The van der Waals surface area contributed by atoms with E-state index >= 15 is 19.2 Å². The van der Waals surface area contributed by atoms with E-state index in [1.54, 1.807) is 61.5 Å². The number of rotatable bonds is 25. The first kappa shape index (κ1) is 97.4. The second-order valence-corrected chi connectivity index (χ2v) is 33.0. The summed E-state index contributed by atoms with van der Waals surface area (Å²) in [6, 6.07) is -9.87. The first-order valence-corrected chi connectivity index (χ1v) is 39.3. The Labute approximate surface area is 667 Å². The molecule has 34 heteroatoms. The van der Waals surface area contributed by atoms with Gasteiger partial charge < -0.3 is 93.5 Å². The van der Waals surface area contributed by atoms with Gasteiger partial charge in [0.05, 0.1) is 23.7 Å². The van der Waals surface area contributed by atoms with E-state index in [0.29, 0.717) is 11.0 Å². The number of aliphatic hydroxyl groups excluding tert-OH is 1. The van der Waals surface area contributed by atoms with Gasteiger partial charge in [0, 0.05) is 67.9 Å². The van der Waals surface area contributed by atoms with Crippen LogP contribution in [0.3, 0.4) is 0 Å². The number of hydrogen-bond acceptors (Lipinski definition) is 17. The fraction of sp³-hybridized carbons (Fsp3) is 0.696. The molecule has 3 rings (SSSR count). The third-order valence-electron chi connectivity index (χ3n) is 20.2. The van der Waals surface area contributed by atoms with E-state index < -0.39 is 180 Å². The number of aromatic amines is 1. The molecule has 634 valence electrons. The molecule has 2 aromatic rings. The van der Waals surface area contributed by atoms with Crippen LogP contribution in [0.4, 0.5) is 0 Å². The number of fused-ring (bicyclic) bond motifs is 1. The van der Waals surface area contributed by atoms with Crippen LogP contribution >= 0.6 is 0 Å². The van der Waals surface area contributed by atoms with Gasteiger partial charge in [-0.25, -0.2) is 4.98 Å². The molecule has 0 spiro atoms. The summed E-state index contributed by atoms with van der Waals surface area (Å²) in [5.41, 5.74) is 17.3. The number of primary amides is 1. The summed E-state index contributed by atoms with van der Waals surface area (Å²) in [5.74, 6) is -13.8. The lowest BCUT2D eigenvalue weighted by Gasteiger charge is -2.41. The molecule has 1 aliphatic heterocycles. The van der Waals surface area contributed by atoms with E-state index in [1.807, 2.05) is 55.4 Å². The van der Waals surface area contributed by atoms with Crippen molar-refractivity contribution in [2.45, 2.75) is 249 Å². The van der Waals surface area contributed by atoms with Gasteiger partial charge in [0.15, 0.2) is 5.96 Å². The maximum atomic E-state index is 15.7. The number of H-pyrrole nitrogens is 1. The Bertz CT molecular complexity index is 3740. The van der Waals surface area contributed by atoms with Crippen LogP contribution in [0.25, 0.3) is 11.0 Å². The lowest BCUT2D eigenvalue weighted by atomic mass is 9.91. The van der Waals surface area contributed by atoms with Crippen LogP contribution in [0.5, 0.6) is 0 Å². The van der Waals surface area contributed by atoms with Crippen molar-refractivity contribution in [2.75, 3.05) is 62.4 Å². The van der Waals surface area contributed by atoms with Crippen molar-refractivity contribution in [1.82, 2.24) is 76.2 Å². The highest BCUT2D eigenvalue weighted by atomic mass is 16.3. The molecule has 1 fully saturated rings. The molecule has 1 saturated heterocycles. The predicted molar refractivity (Wildman–Crippen MR) is 430 cm³/mol. The quantitative estimate of drug-likeness (QED) is 0.0292. The number of likely N-dealkylation sites (N-methyl/N-ethyl adjacent to an activating group) is 7. The first-order chi connectivity index (χ1) is 52.4. The zero-order valence-electron chi connectivity index (χ0n) is 71.3. The molecule has 14 N–H and O–H groups in total. The Morgan fingerprint density at radius 3 is 1.65 bits per heavy atom. The molecule has 0 saturated carbocycles. The average Bonchev–Trinajstić information content (AvgIpc) is 1.68. The molecule has 13 atom stereocenters. The summed E-state index contributed by atoms with van der Waals surface area (Å²) < 4.78 is 0. The average molecular weight is 1590 g/mol. The number of imidazole rings is 1. The van der Waals surface area contributed by atoms with Gasteiger partial charge in [-0.05, 0) is 124 Å². The zero-order chi connectivity index (χ0) is 86.4. The van der Waals surface area contributed by atoms with Gasteiger partial charge in [0.1, 0.15) is 78.0 Å². The number of hydrogen-bond donors (Lipinski definition) is 11. The Morgan fingerprint density at radius 1 is 0.602 bits per heavy atom. The molecule has 0 bridgehead atoms. The molecule has 14 amide bonds. The standard InChI is InChI=1S/C79H133N19O15/c1-26-51-74(109)92(19)39-61(99)93(20)56(33-41(4)5)71(106)91-62(45(12)13)77(112)94(21)57(34-42(6)7)70(105)84-48(17)67(102)85-49(18)73(108)95(22)58(35-43(8)9)75(110)96(23)59(36-44(10)11)76(111)97(24)63(46(14)15)78(113)98(25)64(72(107)88-51)65(100)47(16)37-60-86-52-30-29-50(38-54(52)87-60)68(103)89-53(28-27-31-83-79(81)82)69(104)90-55(66(80)101)32-40(2)3/h29-30,33,38,40-49,51,53,55,57-59,62-65,100H,26-28,31-32,34-37,39H2,1-25H3,(H2,80,101)(H,84,105)(H,85,102)(H,86,87)(H,88,107)(H,89,103)(H,90,104)(H,91,106)(H4,81,82,83)/b56-33-/t47-,48+,49-,51+,53+,55+,57+,58+,59?,62+,63+,64+,65-/m1/s1. The van der Waals surface area contributed by atoms with E-state index in [1.165, 1.54) is 101 Å². The predicted octanol–water partition coefficient (Wildman–Crippen LogP) is 1.72. The molecule has 34 nitrogen and oxygen atoms in total. The molecule has 1 unspecified atom stereocenters. The van der Waals surface area contributed by atoms with Crippen molar-refractivity contribution in [3.63, 3.8) is 0 Å². The molecule has 0 radical (unpaired) electrons. The normalized spacial score (nSPS) is 23.3. The van der Waals surface area contributed by atoms with Gasteiger partial charge >= 0.3 is 0 Å². The highest BCUT2D eigenvalue weighted by Gasteiger charge is 2.46. The van der Waals surface area contributed by atoms with Crippen LogP contribution in [0.2, 0.25) is 0 Å². The van der Waals surface area contributed by atoms with Crippen molar-refractivity contribution >= 4 is 99.7 Å². The van der Waals surface area contributed by atoms with Gasteiger partial charge in [-0.3, -0.25) is 72.1 Å². The molecule has 2 heterocycles. The van der Waals surface area contributed by atoms with Crippen LogP contribution in [-0.2, 0) is 68.7 Å². The summed E-state index contributed by atoms with van der Waals surface area (Å²) in [6.45, 7) is 30.4. The highest BCUT2D eigenvalue weighted by molar-refractivity contribution is 6.03. The number of carbonyl (C=O) groups is 14. The van der Waals surface area contributed by atoms with Crippen molar-refractivity contribution in [1.29, 1.82) is 0 Å². The topological polar surface area (TPSA) is 473 Å². The fourth-order valence-corrected chi connectivity index (χ4v) is 13.6. The molecule has 1 aromatic carbocycles. The third-order valence-corrected chi connectivity index (χ3v) is 20.2. The third kappa shape index (κ3) is 27.8. The van der Waals surface area contributed by atoms with Gasteiger partial charge in [-0.2, -0.15) is 0 Å². The summed E-state index contributed by atoms with van der Waals surface area (Å²) >= 11 is 0. The number of guanidine groups is 1. The van der Waals surface area contributed by atoms with E-state index in [-0.39, 0.29) is 111 Å². The number of nitrogens with one attached hydrogen (secondary N) is 7. The minimum Gasteiger partial charge on any atom is -0.390 e. The number of aromatic nitrogens is 2. The molecule has 1 aromatic heterocycles. The zero-order valence-corrected chi connectivity index (χ0v) is 71.3. The lowest BCUT2D eigenvalue weighted by molar-refractivity contribution is -0.157. The van der Waals surface area contributed by atoms with Crippen LogP contribution in [0.15, 0.2) is 35.0 Å². The monoisotopic (exact) mass is 1590 g/mol. The Hall–Kier alpha value is -9.76. The van der Waals surface area contributed by atoms with Gasteiger partial charge in [-0.1, -0.05) is 117 Å². The number of aliphatic imine (C=N–C) groups is 1. The van der Waals surface area contributed by atoms with Crippen LogP contribution in [0, 0.1) is 47.3 Å². The van der Waals surface area contributed by atoms with E-state index in [2.05, 4.69) is 41.9 Å². The minimum atomic E-state index is -1.86. The van der Waals surface area contributed by atoms with Crippen LogP contribution in [-0.4, -0.2) is 273 Å². The number of amides is 14. The summed E-state index contributed by atoms with van der Waals surface area (Å²) in [4.78, 5) is 223. The lowest BCUT2D eigenvalue weighted by Crippen LogP contribution is -2.63. The van der Waals surface area contributed by atoms with Crippen molar-refractivity contribution in [3.8, 4) is 0 Å². The number of carbonyl (C=O) groups excluding carboxylic acids is 14. The molecule has 0 aliphatic carbocycles. The Kier molecular flexibility index (Phi) is 38.0. The molecule has 1 aliphatic rings. The van der Waals surface area contributed by atoms with Gasteiger partial charge in [0.25, 0.3) is 11.8 Å². The number of aliphatic hydroxyl groups is 1. The number of benzene rings is 1. The SMILES string of the molecule is CC[C@@H]1NC(=O)[C@H]([C@H](O)[C@H](C)Cc2nc3ccc(C(=O)N[C@@H](CCCN=C(N)N)C(=O)N[C@@H](CC(C)C)C(N)=O)cc3[nH]2)N(C)C(=O)[C@H](C(C)C)N(C)C(=O)C(CC(C)C)N(C)C(=O)[C@H](CC(C)C)N(C)C(=O)[C@@H](C)NC(=O)[C@H](C)NC(=O)[C@H](CC(C)C)N(C)C(=O)[C@H](C(C)C)NC(=O)/C(=C/C(C)C)N(C)C(=O)CN(C)C1=O. The number of nitrogens with zero attached hydrogens (tertiary/aromatic N) is 9. The molecule has 113 heavy (non-hydrogen) atoms. The van der Waals surface area contributed by atoms with E-state index in [9.17, 15) is 53.1 Å². The van der Waals surface area contributed by atoms with Gasteiger partial charge in [-0.15, -0.1) is 0 Å². The second kappa shape index (κ2) is 44.0. The highest BCUT2D eigenvalue weighted by Crippen LogP contribution is 2.27. The Morgan fingerprint density at radius 2 is 1.13 bits per heavy atom. The number of allylic oxidation sites excluding steroid dienone is 1. The first-order valence-electron chi connectivity index (χ1n) is 39.3. The summed E-state index contributed by atoms with van der Waals surface area (Å²) in [5, 5.41) is 29.1. The van der Waals surface area contributed by atoms with E-state index in [0.717, 1.165) is 14.7 Å². The maximum absolute atomic E-state index is 15.7. The summed E-state index contributed by atoms with van der Waals surface area (Å²) in [7, 11) is 9.52. The second-order valence-electron chi connectivity index (χ2n) is 33.0.